The molecule has 0 aliphatic heterocycles. The van der Waals surface area contributed by atoms with Crippen molar-refractivity contribution in [2.24, 2.45) is 71.7 Å². The van der Waals surface area contributed by atoms with Gasteiger partial charge in [0.2, 0.25) is 0 Å². The van der Waals surface area contributed by atoms with Crippen LogP contribution >= 0.6 is 0 Å². The summed E-state index contributed by atoms with van der Waals surface area (Å²) in [5, 5.41) is 117. The number of rotatable bonds is 36. The monoisotopic (exact) mass is 2520 g/mol. The van der Waals surface area contributed by atoms with E-state index in [4.69, 9.17) is 15.2 Å². The molecule has 23 nitrogen and oxygen atoms in total. The van der Waals surface area contributed by atoms with Gasteiger partial charge in [0.25, 0.3) is 0 Å². The molecule has 0 saturated carbocycles. The van der Waals surface area contributed by atoms with Gasteiger partial charge in [-0.3, -0.25) is 15.0 Å². The number of aliphatic imine (C=N–C) groups is 3. The normalized spacial score (nSPS) is 16.4. The molecule has 0 aromatic heterocycles. The van der Waals surface area contributed by atoms with E-state index in [9.17, 15) is 51.1 Å². The number of nitrogens with one attached hydrogen (secondary N) is 1. The van der Waals surface area contributed by atoms with Crippen LogP contribution in [0.15, 0.2) is 73.3 Å². The summed E-state index contributed by atoms with van der Waals surface area (Å²) < 4.78 is 26.8. The second-order valence-electron chi connectivity index (χ2n) is 42.7. The summed E-state index contributed by atoms with van der Waals surface area (Å²) >= 11 is 0. The molecule has 12 N–H and O–H groups in total. The predicted molar refractivity (Wildman–Crippen MR) is 576 cm³/mol. The topological polar surface area (TPSA) is 373 Å². The van der Waals surface area contributed by atoms with Gasteiger partial charge in [-0.25, -0.2) is 0 Å². The van der Waals surface area contributed by atoms with E-state index in [1.54, 1.807) is 145 Å². The summed E-state index contributed by atoms with van der Waals surface area (Å²) in [6.07, 6.45) is 22.0. The molecule has 0 amide bonds. The third-order valence-corrected chi connectivity index (χ3v) is 38.8. The molecule has 0 bridgehead atoms. The van der Waals surface area contributed by atoms with Crippen molar-refractivity contribution in [2.45, 2.75) is 448 Å². The maximum absolute atomic E-state index is 11.0. The number of hydrogen-bond donors (Lipinski definition) is 12. The van der Waals surface area contributed by atoms with Crippen molar-refractivity contribution < 1.29 is 238 Å². The van der Waals surface area contributed by atoms with E-state index in [1.807, 2.05) is 110 Å². The first-order valence-electron chi connectivity index (χ1n) is 45.0. The first-order valence-corrected chi connectivity index (χ1v) is 70.9. The first-order chi connectivity index (χ1) is 54.1. The van der Waals surface area contributed by atoms with Crippen LogP contribution in [0.1, 0.15) is 227 Å². The molecule has 10 atom stereocenters. The Labute approximate surface area is 945 Å². The predicted octanol–water partition coefficient (Wildman–Crippen LogP) is 20.9. The zero-order valence-electron chi connectivity index (χ0n) is 93.5. The molecule has 0 aliphatic carbocycles. The second-order valence-corrected chi connectivity index (χ2v) is 81.7. The van der Waals surface area contributed by atoms with Gasteiger partial charge < -0.3 is 94.5 Å². The van der Waals surface area contributed by atoms with E-state index in [0.717, 1.165) is 43.7 Å². The summed E-state index contributed by atoms with van der Waals surface area (Å²) in [6, 6.07) is 7.23. The number of hydrazone groups is 1. The average Bonchev–Trinajstić information content (AvgIpc) is 0.793. The van der Waals surface area contributed by atoms with Crippen molar-refractivity contribution in [3.8, 4) is 0 Å². The number of aliphatic hydroxyl groups is 11. The third kappa shape index (κ3) is 121. The SMILES string of the molecule is C=CC(C)(O)C=NN(C)C.C=CC(C)(O)C=N[Si](C)(C)C.CC(C)(O)C=N[Si](C)(C)C.CC(C)C(C)(O)C=N.CC(C)N=CC(C)(O)C(C)C.CC(O)(C=N[Si](C)(C)C)[Si](C)(C)C.CCC(C)(O)C=N[Si](C)(C)C.CCC(C)(O)C=N[Si](C)(C)C.CCN=CC(C)(O)C(C)C.CC[Si](CC)(CC)N=CC(C)(O)[Si](CC)(CC)CC.CN=CC(C)(O)C(C)C.[Ni].[Ni].[Ni].[Ni].[Ni].[Ni].[Ni].[Ni].[Ni].[Ni].[Ni]. The molecule has 0 rings (SSSR count). The standard InChI is InChI=1S/C15H35NOSi2.C9H23NOSi2.C9H19NO.2C8H19NOSi.C8H17NOSi.C8H17NO.C7H14N2O.C7H17NOSi.C7H15NO.C6H13NO.11Ni/c1-8-18(9-2,10-3)15(7,17)14-16-19(11-4,12-5)13-6;1-9(11,12(2,3)4)8-10-13(5,6)7;1-7(2)9(5,11)6-10-8(3)4;3*1-6-8(2,10)7-9-11(3,4)5;1-5-9-6-8(4,10)7(2)3;1-5-7(2,10)6-8-9(3)4;1-7(2,9)6-8-10(3,4)5;1-6(2)7(3,9)5-8-4;1-5(2)6(3,8)4-7;;;;;;;;;;;/h14,17H,8-13H2,1-7H3;8,11H,1-7H3;6-8,11H,1-5H3;2*7,10H,6H2,1-5H3;6-7,10H,1H2,2-5H3;6-7,10H,5H2,1-4H3;5-6,10H,1H2,2-4H3;6,9H,1-5H3;5-6,9H,1-4H3;4-5,7-8H,1-3H3;;;;;;;;;;;. The smallest absolute Gasteiger partial charge is 0.180 e. The Morgan fingerprint density at radius 2 is 0.582 bits per heavy atom. The Hall–Kier alpha value is 2.37. The van der Waals surface area contributed by atoms with Crippen LogP contribution in [0.2, 0.25) is 154 Å². The van der Waals surface area contributed by atoms with Crippen LogP contribution in [-0.2, 0) is 181 Å². The van der Waals surface area contributed by atoms with Crippen molar-refractivity contribution in [3.05, 3.63) is 25.3 Å². The van der Waals surface area contributed by atoms with E-state index < -0.39 is 126 Å². The van der Waals surface area contributed by atoms with Gasteiger partial charge in [0.15, 0.2) is 49.4 Å². The summed E-state index contributed by atoms with van der Waals surface area (Å²) in [7, 11) is -6.43. The van der Waals surface area contributed by atoms with Crippen molar-refractivity contribution in [2.75, 3.05) is 27.7 Å². The quantitative estimate of drug-likeness (QED) is 0.0121. The van der Waals surface area contributed by atoms with Gasteiger partial charge >= 0.3 is 0 Å². The summed E-state index contributed by atoms with van der Waals surface area (Å²) in [6.45, 7) is 106. The fraction of sp³-hybridized carbons (Fsp3) is 0.837. The molecule has 42 heteroatoms. The third-order valence-electron chi connectivity index (χ3n) is 20.2. The maximum Gasteiger partial charge on any atom is 0.180 e. The molecule has 0 aromatic carbocycles. The zero-order valence-corrected chi connectivity index (χ0v) is 112. The van der Waals surface area contributed by atoms with Crippen molar-refractivity contribution in [1.29, 1.82) is 5.41 Å². The number of nitrogens with zero attached hydrogens (tertiary/aromatic N) is 11. The van der Waals surface area contributed by atoms with Gasteiger partial charge in [-0.15, -0.1) is 0 Å². The molecule has 0 spiro atoms. The molecule has 0 saturated heterocycles. The van der Waals surface area contributed by atoms with Crippen LogP contribution in [0.4, 0.5) is 0 Å². The fourth-order valence-electron chi connectivity index (χ4n) is 7.07. The maximum atomic E-state index is 11.0. The van der Waals surface area contributed by atoms with Crippen molar-refractivity contribution in [3.63, 3.8) is 0 Å². The second kappa shape index (κ2) is 88.3. The Morgan fingerprint density at radius 1 is 0.328 bits per heavy atom. The van der Waals surface area contributed by atoms with E-state index in [1.165, 1.54) is 36.5 Å². The molecule has 0 radical (unpaired) electrons. The minimum atomic E-state index is -1.65. The van der Waals surface area contributed by atoms with Gasteiger partial charge in [-0.05, 0) is 257 Å². The van der Waals surface area contributed by atoms with Crippen LogP contribution in [0.5, 0.6) is 0 Å². The fourth-order valence-corrected chi connectivity index (χ4v) is 17.7. The molecule has 844 valence electrons. The van der Waals surface area contributed by atoms with Gasteiger partial charge in [0.05, 0.1) is 72.0 Å². The van der Waals surface area contributed by atoms with E-state index >= 15 is 0 Å². The molecule has 134 heavy (non-hydrogen) atoms. The van der Waals surface area contributed by atoms with Gasteiger partial charge in [0.1, 0.15) is 11.2 Å². The zero-order chi connectivity index (χ0) is 102. The summed E-state index contributed by atoms with van der Waals surface area (Å²) in [5.74, 6) is 0.786. The van der Waals surface area contributed by atoms with Crippen LogP contribution in [0.3, 0.4) is 0 Å². The Balaban J connectivity index is -0.0000000514. The van der Waals surface area contributed by atoms with Crippen LogP contribution in [0.25, 0.3) is 0 Å². The van der Waals surface area contributed by atoms with E-state index in [2.05, 4.69) is 216 Å². The Kier molecular flexibility index (Phi) is 126. The molecule has 0 aliphatic rings. The molecular weight excluding hydrogens is 2320 g/mol. The van der Waals surface area contributed by atoms with Crippen molar-refractivity contribution >= 4 is 134 Å². The molecule has 0 fully saturated rings. The minimum absolute atomic E-state index is 0. The van der Waals surface area contributed by atoms with E-state index in [-0.39, 0.29) is 211 Å². The molecule has 10 unspecified atom stereocenters. The van der Waals surface area contributed by atoms with Gasteiger partial charge in [-0.1, -0.05) is 174 Å². The Bertz CT molecular complexity index is 3020. The number of hydrogen-bond acceptors (Lipinski definition) is 23. The van der Waals surface area contributed by atoms with Crippen molar-refractivity contribution in [1.82, 2.24) is 5.01 Å². The minimum Gasteiger partial charge on any atom is -0.388 e. The van der Waals surface area contributed by atoms with Crippen LogP contribution < -0.4 is 0 Å². The van der Waals surface area contributed by atoms with Crippen LogP contribution in [-0.4, -0.2) is 290 Å². The molecular formula is C92H208N12Ni11O11Si8. The molecule has 0 heterocycles. The molecule has 0 aromatic rings. The largest absolute Gasteiger partial charge is 0.388 e. The van der Waals surface area contributed by atoms with E-state index in [0.29, 0.717) is 0 Å². The summed E-state index contributed by atoms with van der Waals surface area (Å²) in [5.41, 5.74) is -7.26. The summed E-state index contributed by atoms with van der Waals surface area (Å²) in [4.78, 5) is 11.9. The Morgan fingerprint density at radius 3 is 0.769 bits per heavy atom. The first kappa shape index (κ1) is 191. The van der Waals surface area contributed by atoms with Gasteiger partial charge in [0, 0.05) is 277 Å². The average molecular weight is 2530 g/mol. The van der Waals surface area contributed by atoms with Gasteiger partial charge in [-0.2, -0.15) is 5.10 Å². The van der Waals surface area contributed by atoms with Crippen LogP contribution in [0, 0.1) is 29.1 Å².